The van der Waals surface area contributed by atoms with E-state index in [0.717, 1.165) is 12.5 Å². The van der Waals surface area contributed by atoms with E-state index in [2.05, 4.69) is 26.1 Å². The highest BCUT2D eigenvalue weighted by Crippen LogP contribution is 2.52. The Balaban J connectivity index is 1.61. The van der Waals surface area contributed by atoms with Crippen molar-refractivity contribution < 1.29 is 4.74 Å². The SMILES string of the molecule is CC1(CNC2C3CCCOC3C2(C)C)CC1. The summed E-state index contributed by atoms with van der Waals surface area (Å²) < 4.78 is 5.93. The standard InChI is InChI=1S/C14H25NO/c1-13(2)11(15-9-14(3)6-7-14)10-5-4-8-16-12(10)13/h10-12,15H,4-9H2,1-3H3. The third-order valence-corrected chi connectivity index (χ3v) is 5.18. The molecule has 16 heavy (non-hydrogen) atoms. The van der Waals surface area contributed by atoms with Crippen LogP contribution in [0.3, 0.4) is 0 Å². The monoisotopic (exact) mass is 223 g/mol. The van der Waals surface area contributed by atoms with Gasteiger partial charge in [0.1, 0.15) is 0 Å². The first kappa shape index (κ1) is 11.0. The van der Waals surface area contributed by atoms with E-state index < -0.39 is 0 Å². The van der Waals surface area contributed by atoms with Crippen molar-refractivity contribution in [3.05, 3.63) is 0 Å². The molecule has 0 aromatic carbocycles. The van der Waals surface area contributed by atoms with Crippen LogP contribution in [0, 0.1) is 16.7 Å². The molecule has 0 aromatic heterocycles. The van der Waals surface area contributed by atoms with E-state index in [1.807, 2.05) is 0 Å². The van der Waals surface area contributed by atoms with Crippen LogP contribution in [0.5, 0.6) is 0 Å². The van der Waals surface area contributed by atoms with Gasteiger partial charge in [-0.1, -0.05) is 20.8 Å². The zero-order valence-corrected chi connectivity index (χ0v) is 10.9. The minimum absolute atomic E-state index is 0.344. The first-order chi connectivity index (χ1) is 7.53. The molecule has 3 fully saturated rings. The summed E-state index contributed by atoms with van der Waals surface area (Å²) >= 11 is 0. The second-order valence-corrected chi connectivity index (χ2v) is 7.09. The molecular formula is C14H25NO. The summed E-state index contributed by atoms with van der Waals surface area (Å²) in [6.07, 6.45) is 5.97. The third-order valence-electron chi connectivity index (χ3n) is 5.18. The van der Waals surface area contributed by atoms with Crippen molar-refractivity contribution in [1.82, 2.24) is 5.32 Å². The van der Waals surface area contributed by atoms with Gasteiger partial charge in [0, 0.05) is 30.5 Å². The minimum Gasteiger partial charge on any atom is -0.377 e. The van der Waals surface area contributed by atoms with Gasteiger partial charge in [0.2, 0.25) is 0 Å². The van der Waals surface area contributed by atoms with Gasteiger partial charge in [0.15, 0.2) is 0 Å². The molecule has 2 saturated carbocycles. The first-order valence-corrected chi connectivity index (χ1v) is 6.88. The topological polar surface area (TPSA) is 21.3 Å². The first-order valence-electron chi connectivity index (χ1n) is 6.88. The Morgan fingerprint density at radius 2 is 2.00 bits per heavy atom. The largest absolute Gasteiger partial charge is 0.377 e. The molecule has 2 nitrogen and oxygen atoms in total. The summed E-state index contributed by atoms with van der Waals surface area (Å²) in [5.41, 5.74) is 0.965. The van der Waals surface area contributed by atoms with Gasteiger partial charge >= 0.3 is 0 Å². The van der Waals surface area contributed by atoms with Crippen LogP contribution in [-0.4, -0.2) is 25.3 Å². The molecule has 2 aliphatic carbocycles. The van der Waals surface area contributed by atoms with Crippen LogP contribution in [0.15, 0.2) is 0 Å². The fourth-order valence-electron chi connectivity index (χ4n) is 3.68. The van der Waals surface area contributed by atoms with Gasteiger partial charge in [-0.2, -0.15) is 0 Å². The Hall–Kier alpha value is -0.0800. The highest BCUT2D eigenvalue weighted by atomic mass is 16.5. The number of rotatable bonds is 3. The van der Waals surface area contributed by atoms with Crippen molar-refractivity contribution in [2.24, 2.45) is 16.7 Å². The van der Waals surface area contributed by atoms with Crippen molar-refractivity contribution >= 4 is 0 Å². The lowest BCUT2D eigenvalue weighted by Crippen LogP contribution is -2.69. The normalized spacial score (nSPS) is 43.3. The fourth-order valence-corrected chi connectivity index (χ4v) is 3.68. The number of fused-ring (bicyclic) bond motifs is 1. The molecule has 1 saturated heterocycles. The maximum atomic E-state index is 5.93. The van der Waals surface area contributed by atoms with Crippen LogP contribution in [0.4, 0.5) is 0 Å². The van der Waals surface area contributed by atoms with Gasteiger partial charge < -0.3 is 10.1 Å². The maximum Gasteiger partial charge on any atom is 0.0684 e. The molecule has 0 bridgehead atoms. The van der Waals surface area contributed by atoms with Crippen molar-refractivity contribution in [3.63, 3.8) is 0 Å². The van der Waals surface area contributed by atoms with Crippen LogP contribution in [0.25, 0.3) is 0 Å². The highest BCUT2D eigenvalue weighted by molar-refractivity contribution is 5.11. The van der Waals surface area contributed by atoms with Crippen LogP contribution < -0.4 is 5.32 Å². The Kier molecular flexibility index (Phi) is 2.38. The van der Waals surface area contributed by atoms with Gasteiger partial charge in [0.25, 0.3) is 0 Å². The van der Waals surface area contributed by atoms with E-state index in [9.17, 15) is 0 Å². The number of nitrogens with one attached hydrogen (secondary N) is 1. The minimum atomic E-state index is 0.344. The van der Waals surface area contributed by atoms with Crippen molar-refractivity contribution in [2.45, 2.75) is 58.6 Å². The molecule has 3 unspecified atom stereocenters. The summed E-state index contributed by atoms with van der Waals surface area (Å²) in [7, 11) is 0. The predicted octanol–water partition coefficient (Wildman–Crippen LogP) is 2.58. The smallest absolute Gasteiger partial charge is 0.0684 e. The number of hydrogen-bond acceptors (Lipinski definition) is 2. The molecule has 0 spiro atoms. The molecule has 3 rings (SSSR count). The van der Waals surface area contributed by atoms with Crippen LogP contribution in [0.2, 0.25) is 0 Å². The summed E-state index contributed by atoms with van der Waals surface area (Å²) in [6, 6.07) is 0.690. The number of ether oxygens (including phenoxy) is 1. The predicted molar refractivity (Wildman–Crippen MR) is 65.4 cm³/mol. The summed E-state index contributed by atoms with van der Waals surface area (Å²) in [5.74, 6) is 0.783. The second-order valence-electron chi connectivity index (χ2n) is 7.09. The molecule has 1 aliphatic heterocycles. The molecular weight excluding hydrogens is 198 g/mol. The third kappa shape index (κ3) is 1.62. The van der Waals surface area contributed by atoms with Gasteiger partial charge in [-0.3, -0.25) is 0 Å². The number of hydrogen-bond donors (Lipinski definition) is 1. The van der Waals surface area contributed by atoms with Crippen LogP contribution in [-0.2, 0) is 4.74 Å². The summed E-state index contributed by atoms with van der Waals surface area (Å²) in [4.78, 5) is 0. The summed E-state index contributed by atoms with van der Waals surface area (Å²) in [5, 5.41) is 3.83. The average Bonchev–Trinajstić information content (AvgIpc) is 2.97. The zero-order valence-electron chi connectivity index (χ0n) is 10.9. The second kappa shape index (κ2) is 3.46. The molecule has 1 N–H and O–H groups in total. The molecule has 1 heterocycles. The van der Waals surface area contributed by atoms with Gasteiger partial charge in [0.05, 0.1) is 6.10 Å². The van der Waals surface area contributed by atoms with E-state index in [0.29, 0.717) is 23.0 Å². The molecule has 0 aromatic rings. The molecule has 3 aliphatic rings. The lowest BCUT2D eigenvalue weighted by molar-refractivity contribution is -0.193. The van der Waals surface area contributed by atoms with Crippen LogP contribution in [0.1, 0.15) is 46.5 Å². The van der Waals surface area contributed by atoms with E-state index in [4.69, 9.17) is 4.74 Å². The Bertz CT molecular complexity index is 282. The highest BCUT2D eigenvalue weighted by Gasteiger charge is 2.58. The van der Waals surface area contributed by atoms with Crippen molar-refractivity contribution in [1.29, 1.82) is 0 Å². The van der Waals surface area contributed by atoms with Gasteiger partial charge in [-0.05, 0) is 31.1 Å². The fraction of sp³-hybridized carbons (Fsp3) is 1.00. The lowest BCUT2D eigenvalue weighted by Gasteiger charge is -2.60. The van der Waals surface area contributed by atoms with E-state index in [-0.39, 0.29) is 0 Å². The Labute approximate surface area is 99.1 Å². The van der Waals surface area contributed by atoms with E-state index >= 15 is 0 Å². The van der Waals surface area contributed by atoms with Gasteiger partial charge in [-0.15, -0.1) is 0 Å². The Morgan fingerprint density at radius 3 is 2.69 bits per heavy atom. The lowest BCUT2D eigenvalue weighted by atomic mass is 9.55. The maximum absolute atomic E-state index is 5.93. The molecule has 3 atom stereocenters. The molecule has 92 valence electrons. The van der Waals surface area contributed by atoms with E-state index in [1.54, 1.807) is 0 Å². The van der Waals surface area contributed by atoms with E-state index in [1.165, 1.54) is 32.2 Å². The molecule has 0 amide bonds. The molecule has 0 radical (unpaired) electrons. The quantitative estimate of drug-likeness (QED) is 0.794. The average molecular weight is 223 g/mol. The summed E-state index contributed by atoms with van der Waals surface area (Å²) in [6.45, 7) is 9.33. The van der Waals surface area contributed by atoms with Crippen molar-refractivity contribution in [3.8, 4) is 0 Å². The van der Waals surface area contributed by atoms with Crippen LogP contribution >= 0.6 is 0 Å². The zero-order chi connectivity index (χ0) is 11.4. The van der Waals surface area contributed by atoms with Gasteiger partial charge in [-0.25, -0.2) is 0 Å². The Morgan fingerprint density at radius 1 is 1.25 bits per heavy atom. The van der Waals surface area contributed by atoms with Crippen molar-refractivity contribution in [2.75, 3.05) is 13.2 Å². The molecule has 2 heteroatoms.